The molecular formula is C21H35N5O5. The maximum absolute atomic E-state index is 13.0. The number of primary amides is 1. The quantitative estimate of drug-likeness (QED) is 0.405. The number of nitrogens with two attached hydrogens (primary N) is 1. The van der Waals surface area contributed by atoms with Crippen LogP contribution in [0.25, 0.3) is 0 Å². The van der Waals surface area contributed by atoms with Crippen molar-refractivity contribution in [1.82, 2.24) is 20.4 Å². The summed E-state index contributed by atoms with van der Waals surface area (Å²) in [6, 6.07) is -0.683. The van der Waals surface area contributed by atoms with Gasteiger partial charge in [-0.2, -0.15) is 0 Å². The smallest absolute Gasteiger partial charge is 0.326 e. The van der Waals surface area contributed by atoms with Crippen LogP contribution in [0, 0.1) is 11.8 Å². The lowest BCUT2D eigenvalue weighted by Crippen LogP contribution is -2.55. The Bertz CT molecular complexity index is 665. The van der Waals surface area contributed by atoms with Crippen molar-refractivity contribution in [2.24, 2.45) is 17.6 Å². The van der Waals surface area contributed by atoms with Crippen LogP contribution in [0.2, 0.25) is 0 Å². The van der Waals surface area contributed by atoms with E-state index in [1.165, 1.54) is 12.8 Å². The molecule has 1 atom stereocenters. The van der Waals surface area contributed by atoms with Crippen molar-refractivity contribution < 1.29 is 24.3 Å². The average Bonchev–Trinajstić information content (AvgIpc) is 2.78. The Morgan fingerprint density at radius 3 is 2.06 bits per heavy atom. The van der Waals surface area contributed by atoms with Crippen LogP contribution < -0.4 is 16.4 Å². The Morgan fingerprint density at radius 2 is 1.52 bits per heavy atom. The van der Waals surface area contributed by atoms with E-state index in [2.05, 4.69) is 15.5 Å². The van der Waals surface area contributed by atoms with E-state index in [4.69, 9.17) is 10.8 Å². The standard InChI is InChI=1S/C21H35N5O5/c22-18(27)13-17(21(30)31)24-19(28)14-1-3-15(4-2-14)20(29)26-11-9-25(10-12-26)16-5-7-23-8-6-16/h14-17,23H,1-13H2,(H2,22,27)(H,24,28)(H,30,31). The van der Waals surface area contributed by atoms with Gasteiger partial charge in [0.05, 0.1) is 6.42 Å². The van der Waals surface area contributed by atoms with Gasteiger partial charge >= 0.3 is 5.97 Å². The summed E-state index contributed by atoms with van der Waals surface area (Å²) < 4.78 is 0. The van der Waals surface area contributed by atoms with E-state index in [1.54, 1.807) is 0 Å². The molecule has 1 saturated carbocycles. The van der Waals surface area contributed by atoms with Gasteiger partial charge in [-0.05, 0) is 51.6 Å². The molecule has 2 saturated heterocycles. The lowest BCUT2D eigenvalue weighted by molar-refractivity contribution is -0.144. The molecule has 3 aliphatic rings. The van der Waals surface area contributed by atoms with Crippen LogP contribution in [0.1, 0.15) is 44.9 Å². The Morgan fingerprint density at radius 1 is 0.935 bits per heavy atom. The molecule has 10 nitrogen and oxygen atoms in total. The van der Waals surface area contributed by atoms with Gasteiger partial charge in [0, 0.05) is 44.1 Å². The second-order valence-electron chi connectivity index (χ2n) is 8.96. The van der Waals surface area contributed by atoms with E-state index in [1.807, 2.05) is 4.90 Å². The summed E-state index contributed by atoms with van der Waals surface area (Å²) in [5.74, 6) is -2.66. The van der Waals surface area contributed by atoms with Crippen molar-refractivity contribution in [3.05, 3.63) is 0 Å². The minimum absolute atomic E-state index is 0.0737. The highest BCUT2D eigenvalue weighted by Crippen LogP contribution is 2.31. The summed E-state index contributed by atoms with van der Waals surface area (Å²) in [6.07, 6.45) is 4.24. The maximum atomic E-state index is 13.0. The fraction of sp³-hybridized carbons (Fsp3) is 0.810. The number of hydrogen-bond acceptors (Lipinski definition) is 6. The van der Waals surface area contributed by atoms with Gasteiger partial charge in [0.2, 0.25) is 17.7 Å². The van der Waals surface area contributed by atoms with Gasteiger partial charge in [0.15, 0.2) is 0 Å². The third-order valence-electron chi connectivity index (χ3n) is 6.92. The molecule has 0 aromatic heterocycles. The summed E-state index contributed by atoms with van der Waals surface area (Å²) >= 11 is 0. The first-order chi connectivity index (χ1) is 14.8. The average molecular weight is 438 g/mol. The predicted octanol–water partition coefficient (Wildman–Crippen LogP) is -0.866. The summed E-state index contributed by atoms with van der Waals surface area (Å²) in [4.78, 5) is 52.1. The molecule has 0 radical (unpaired) electrons. The highest BCUT2D eigenvalue weighted by molar-refractivity contribution is 5.89. The van der Waals surface area contributed by atoms with Gasteiger partial charge in [-0.1, -0.05) is 0 Å². The molecular weight excluding hydrogens is 402 g/mol. The number of carbonyl (C=O) groups is 4. The molecule has 3 fully saturated rings. The number of carbonyl (C=O) groups excluding carboxylic acids is 3. The summed E-state index contributed by atoms with van der Waals surface area (Å²) in [6.45, 7) is 5.50. The van der Waals surface area contributed by atoms with Crippen molar-refractivity contribution in [3.63, 3.8) is 0 Å². The van der Waals surface area contributed by atoms with Crippen molar-refractivity contribution in [2.45, 2.75) is 57.0 Å². The highest BCUT2D eigenvalue weighted by atomic mass is 16.4. The third-order valence-corrected chi connectivity index (χ3v) is 6.92. The van der Waals surface area contributed by atoms with E-state index >= 15 is 0 Å². The zero-order valence-corrected chi connectivity index (χ0v) is 18.1. The number of nitrogens with one attached hydrogen (secondary N) is 2. The Balaban J connectivity index is 1.42. The largest absolute Gasteiger partial charge is 0.480 e. The van der Waals surface area contributed by atoms with Crippen LogP contribution in [-0.2, 0) is 19.2 Å². The molecule has 0 aromatic carbocycles. The fourth-order valence-corrected chi connectivity index (χ4v) is 5.03. The number of nitrogens with zero attached hydrogens (tertiary/aromatic N) is 2. The molecule has 3 rings (SSSR count). The molecule has 1 unspecified atom stereocenters. The molecule has 1 aliphatic carbocycles. The van der Waals surface area contributed by atoms with Crippen molar-refractivity contribution in [1.29, 1.82) is 0 Å². The molecule has 2 aliphatic heterocycles. The minimum atomic E-state index is -1.31. The molecule has 10 heteroatoms. The molecule has 31 heavy (non-hydrogen) atoms. The number of rotatable bonds is 7. The van der Waals surface area contributed by atoms with Gasteiger partial charge in [0.25, 0.3) is 0 Å². The van der Waals surface area contributed by atoms with Crippen molar-refractivity contribution >= 4 is 23.7 Å². The van der Waals surface area contributed by atoms with Gasteiger partial charge < -0.3 is 26.4 Å². The minimum Gasteiger partial charge on any atom is -0.480 e. The Kier molecular flexibility index (Phi) is 8.25. The van der Waals surface area contributed by atoms with E-state index in [-0.39, 0.29) is 23.7 Å². The van der Waals surface area contributed by atoms with Crippen LogP contribution in [0.5, 0.6) is 0 Å². The van der Waals surface area contributed by atoms with Crippen LogP contribution in [0.3, 0.4) is 0 Å². The molecule has 3 amide bonds. The van der Waals surface area contributed by atoms with Gasteiger partial charge in [-0.15, -0.1) is 0 Å². The van der Waals surface area contributed by atoms with Crippen LogP contribution >= 0.6 is 0 Å². The Hall–Kier alpha value is -2.20. The molecule has 0 aromatic rings. The number of hydrogen-bond donors (Lipinski definition) is 4. The second kappa shape index (κ2) is 10.9. The lowest BCUT2D eigenvalue weighted by atomic mass is 9.80. The Labute approximate surface area is 182 Å². The van der Waals surface area contributed by atoms with Gasteiger partial charge in [0.1, 0.15) is 6.04 Å². The first-order valence-electron chi connectivity index (χ1n) is 11.4. The van der Waals surface area contributed by atoms with Crippen LogP contribution in [0.4, 0.5) is 0 Å². The highest BCUT2D eigenvalue weighted by Gasteiger charge is 2.35. The summed E-state index contributed by atoms with van der Waals surface area (Å²) in [7, 11) is 0. The van der Waals surface area contributed by atoms with Crippen molar-refractivity contribution in [3.8, 4) is 0 Å². The topological polar surface area (TPSA) is 145 Å². The van der Waals surface area contributed by atoms with Gasteiger partial charge in [-0.25, -0.2) is 4.79 Å². The molecule has 174 valence electrons. The summed E-state index contributed by atoms with van der Waals surface area (Å²) in [5, 5.41) is 15.0. The number of amides is 3. The zero-order chi connectivity index (χ0) is 22.4. The first kappa shape index (κ1) is 23.5. The third kappa shape index (κ3) is 6.39. The number of piperazine rings is 1. The zero-order valence-electron chi connectivity index (χ0n) is 18.1. The molecule has 0 spiro atoms. The van der Waals surface area contributed by atoms with E-state index in [9.17, 15) is 19.2 Å². The SMILES string of the molecule is NC(=O)CC(NC(=O)C1CCC(C(=O)N2CCN(C3CCNCC3)CC2)CC1)C(=O)O. The molecule has 2 heterocycles. The van der Waals surface area contributed by atoms with E-state index < -0.39 is 24.3 Å². The second-order valence-corrected chi connectivity index (χ2v) is 8.96. The van der Waals surface area contributed by atoms with Gasteiger partial charge in [-0.3, -0.25) is 19.3 Å². The molecule has 0 bridgehead atoms. The van der Waals surface area contributed by atoms with Crippen LogP contribution in [-0.4, -0.2) is 89.9 Å². The van der Waals surface area contributed by atoms with Crippen molar-refractivity contribution in [2.75, 3.05) is 39.3 Å². The number of carboxylic acids is 1. The monoisotopic (exact) mass is 437 g/mol. The summed E-state index contributed by atoms with van der Waals surface area (Å²) in [5.41, 5.74) is 5.06. The lowest BCUT2D eigenvalue weighted by Gasteiger charge is -2.42. The van der Waals surface area contributed by atoms with Crippen LogP contribution in [0.15, 0.2) is 0 Å². The fourth-order valence-electron chi connectivity index (χ4n) is 5.03. The van der Waals surface area contributed by atoms with E-state index in [0.717, 1.165) is 39.3 Å². The maximum Gasteiger partial charge on any atom is 0.326 e. The normalized spacial score (nSPS) is 26.8. The predicted molar refractivity (Wildman–Crippen MR) is 113 cm³/mol. The number of piperidine rings is 1. The number of aliphatic carboxylic acids is 1. The number of carboxylic acid groups (broad SMARTS) is 1. The first-order valence-corrected chi connectivity index (χ1v) is 11.4. The molecule has 5 N–H and O–H groups in total. The van der Waals surface area contributed by atoms with E-state index in [0.29, 0.717) is 31.7 Å².